The molecular formula is C12H12CuO8-4. The molecule has 1 radical (unpaired) electrons. The van der Waals surface area contributed by atoms with E-state index in [0.717, 1.165) is 0 Å². The third-order valence-electron chi connectivity index (χ3n) is 1.87. The van der Waals surface area contributed by atoms with E-state index in [4.69, 9.17) is 0 Å². The van der Waals surface area contributed by atoms with Crippen LogP contribution in [0.25, 0.3) is 0 Å². The number of rotatable bonds is 6. The summed E-state index contributed by atoms with van der Waals surface area (Å²) >= 11 is 0. The molecule has 0 aliphatic heterocycles. The van der Waals surface area contributed by atoms with Crippen LogP contribution in [0.4, 0.5) is 0 Å². The number of hydrogen-bond donors (Lipinski definition) is 0. The molecule has 0 aliphatic carbocycles. The van der Waals surface area contributed by atoms with E-state index < -0.39 is 23.9 Å². The maximum Gasteiger partial charge on any atom is 0.0675 e. The van der Waals surface area contributed by atoms with Crippen molar-refractivity contribution < 1.29 is 56.7 Å². The van der Waals surface area contributed by atoms with Gasteiger partial charge in [0.2, 0.25) is 0 Å². The molecule has 9 heteroatoms. The van der Waals surface area contributed by atoms with Crippen molar-refractivity contribution in [2.75, 3.05) is 0 Å². The molecule has 0 bridgehead atoms. The van der Waals surface area contributed by atoms with Crippen LogP contribution < -0.4 is 20.4 Å². The zero-order chi connectivity index (χ0) is 16.3. The molecule has 0 N–H and O–H groups in total. The van der Waals surface area contributed by atoms with Crippen LogP contribution >= 0.6 is 0 Å². The molecule has 0 aromatic heterocycles. The Morgan fingerprint density at radius 1 is 0.714 bits per heavy atom. The van der Waals surface area contributed by atoms with Crippen LogP contribution in [0.1, 0.15) is 26.7 Å². The Balaban J connectivity index is -0.000000295. The van der Waals surface area contributed by atoms with E-state index in [0.29, 0.717) is 12.2 Å². The molecule has 0 heterocycles. The minimum Gasteiger partial charge on any atom is -0.545 e. The van der Waals surface area contributed by atoms with Gasteiger partial charge in [0.05, 0.1) is 23.9 Å². The summed E-state index contributed by atoms with van der Waals surface area (Å²) in [6.07, 6.45) is 1.29. The van der Waals surface area contributed by atoms with Gasteiger partial charge in [-0.05, 0) is 36.1 Å². The molecule has 0 unspecified atom stereocenters. The van der Waals surface area contributed by atoms with E-state index in [1.807, 2.05) is 0 Å². The van der Waals surface area contributed by atoms with Gasteiger partial charge in [0, 0.05) is 17.1 Å². The number of aliphatic carboxylic acids is 4. The van der Waals surface area contributed by atoms with Crippen molar-refractivity contribution in [2.45, 2.75) is 26.7 Å². The minimum atomic E-state index is -1.51. The zero-order valence-corrected chi connectivity index (χ0v) is 12.1. The molecule has 0 aliphatic rings. The van der Waals surface area contributed by atoms with Crippen LogP contribution in [0.3, 0.4) is 0 Å². The van der Waals surface area contributed by atoms with E-state index in [1.54, 1.807) is 0 Å². The Morgan fingerprint density at radius 2 is 0.952 bits per heavy atom. The summed E-state index contributed by atoms with van der Waals surface area (Å²) in [6, 6.07) is 0. The predicted molar refractivity (Wildman–Crippen MR) is 56.8 cm³/mol. The van der Waals surface area contributed by atoms with E-state index in [-0.39, 0.29) is 41.1 Å². The standard InChI is InChI=1S/2C6H8O4.Cu/c2*1-2-4(6(9)10)3-5(7)8;/h2*3H,2H2,1H3,(H,7,8)(H,9,10);/p-4/b2*4-3+;. The molecular weight excluding hydrogens is 336 g/mol. The van der Waals surface area contributed by atoms with Crippen molar-refractivity contribution in [3.63, 3.8) is 0 Å². The van der Waals surface area contributed by atoms with Crippen LogP contribution in [-0.4, -0.2) is 23.9 Å². The molecule has 0 atom stereocenters. The predicted octanol–water partition coefficient (Wildman–Crippen LogP) is -4.36. The summed E-state index contributed by atoms with van der Waals surface area (Å²) in [7, 11) is 0. The SMILES string of the molecule is CC/C(=C\C(=O)[O-])C(=O)[O-].CC/C(=C\C(=O)[O-])C(=O)[O-].[Cu]. The Kier molecular flexibility index (Phi) is 14.7. The number of hydrogen-bond acceptors (Lipinski definition) is 8. The molecule has 0 rings (SSSR count). The van der Waals surface area contributed by atoms with Gasteiger partial charge in [0.15, 0.2) is 0 Å². The third kappa shape index (κ3) is 14.1. The zero-order valence-electron chi connectivity index (χ0n) is 11.1. The second kappa shape index (κ2) is 12.9. The average molecular weight is 348 g/mol. The van der Waals surface area contributed by atoms with E-state index in [9.17, 15) is 39.6 Å². The van der Waals surface area contributed by atoms with Crippen LogP contribution in [0.15, 0.2) is 23.3 Å². The maximum absolute atomic E-state index is 10.00. The van der Waals surface area contributed by atoms with Gasteiger partial charge < -0.3 is 39.6 Å². The first kappa shape index (κ1) is 23.9. The van der Waals surface area contributed by atoms with Crippen molar-refractivity contribution in [3.05, 3.63) is 23.3 Å². The monoisotopic (exact) mass is 347 g/mol. The Labute approximate surface area is 131 Å². The number of carboxylic acid groups (broad SMARTS) is 4. The molecule has 0 amide bonds. The Bertz CT molecular complexity index is 408. The number of carbonyl (C=O) groups excluding carboxylic acids is 4. The first-order valence-corrected chi connectivity index (χ1v) is 5.41. The summed E-state index contributed by atoms with van der Waals surface area (Å²) in [6.45, 7) is 3.04. The fourth-order valence-electron chi connectivity index (χ4n) is 0.895. The van der Waals surface area contributed by atoms with Gasteiger partial charge in [-0.15, -0.1) is 0 Å². The second-order valence-electron chi connectivity index (χ2n) is 3.26. The number of carbonyl (C=O) groups is 4. The second-order valence-corrected chi connectivity index (χ2v) is 3.26. The molecule has 0 saturated heterocycles. The topological polar surface area (TPSA) is 161 Å². The van der Waals surface area contributed by atoms with Gasteiger partial charge in [-0.3, -0.25) is 0 Å². The van der Waals surface area contributed by atoms with Gasteiger partial charge in [0.1, 0.15) is 0 Å². The quantitative estimate of drug-likeness (QED) is 0.344. The molecule has 0 aromatic rings. The summed E-state index contributed by atoms with van der Waals surface area (Å²) in [5.74, 6) is -5.96. The molecule has 8 nitrogen and oxygen atoms in total. The summed E-state index contributed by atoms with van der Waals surface area (Å²) in [5.41, 5.74) is -0.528. The average Bonchev–Trinajstić information content (AvgIpc) is 2.32. The molecule has 0 spiro atoms. The van der Waals surface area contributed by atoms with E-state index in [2.05, 4.69) is 0 Å². The first-order valence-electron chi connectivity index (χ1n) is 5.41. The summed E-state index contributed by atoms with van der Waals surface area (Å²) in [4.78, 5) is 39.6. The fraction of sp³-hybridized carbons (Fsp3) is 0.333. The summed E-state index contributed by atoms with van der Waals surface area (Å²) in [5, 5.41) is 39.6. The van der Waals surface area contributed by atoms with E-state index >= 15 is 0 Å². The van der Waals surface area contributed by atoms with E-state index in [1.165, 1.54) is 13.8 Å². The fourth-order valence-corrected chi connectivity index (χ4v) is 0.895. The molecule has 0 aromatic carbocycles. The molecule has 0 fully saturated rings. The van der Waals surface area contributed by atoms with Crippen molar-refractivity contribution in [1.82, 2.24) is 0 Å². The largest absolute Gasteiger partial charge is 0.545 e. The van der Waals surface area contributed by atoms with Crippen LogP contribution in [0.2, 0.25) is 0 Å². The van der Waals surface area contributed by atoms with Gasteiger partial charge in [0.25, 0.3) is 0 Å². The Morgan fingerprint density at radius 3 is 1.00 bits per heavy atom. The van der Waals surface area contributed by atoms with Crippen LogP contribution in [0.5, 0.6) is 0 Å². The Hall–Kier alpha value is -2.12. The third-order valence-corrected chi connectivity index (χ3v) is 1.87. The van der Waals surface area contributed by atoms with Gasteiger partial charge in [-0.2, -0.15) is 0 Å². The maximum atomic E-state index is 10.00. The minimum absolute atomic E-state index is 0. The first-order chi connectivity index (χ1) is 9.15. The van der Waals surface area contributed by atoms with Gasteiger partial charge in [-0.25, -0.2) is 0 Å². The number of carboxylic acids is 4. The summed E-state index contributed by atoms with van der Waals surface area (Å²) < 4.78 is 0. The van der Waals surface area contributed by atoms with Crippen molar-refractivity contribution in [3.8, 4) is 0 Å². The van der Waals surface area contributed by atoms with Crippen molar-refractivity contribution in [1.29, 1.82) is 0 Å². The molecule has 0 saturated carbocycles. The molecule has 21 heavy (non-hydrogen) atoms. The van der Waals surface area contributed by atoms with Gasteiger partial charge in [-0.1, -0.05) is 13.8 Å². The smallest absolute Gasteiger partial charge is 0.0675 e. The van der Waals surface area contributed by atoms with Crippen LogP contribution in [-0.2, 0) is 36.2 Å². The molecule has 123 valence electrons. The normalized spacial score (nSPS) is 10.6. The van der Waals surface area contributed by atoms with Gasteiger partial charge >= 0.3 is 0 Å². The van der Waals surface area contributed by atoms with Crippen LogP contribution in [0, 0.1) is 0 Å². The van der Waals surface area contributed by atoms with Crippen molar-refractivity contribution in [2.24, 2.45) is 0 Å². The van der Waals surface area contributed by atoms with Crippen molar-refractivity contribution >= 4 is 23.9 Å².